The van der Waals surface area contributed by atoms with E-state index in [1.165, 1.54) is 19.1 Å². The van der Waals surface area contributed by atoms with Gasteiger partial charge in [0.15, 0.2) is 0 Å². The molecule has 0 aliphatic heterocycles. The molecule has 130 valence electrons. The molecule has 0 unspecified atom stereocenters. The highest BCUT2D eigenvalue weighted by molar-refractivity contribution is 7.89. The van der Waals surface area contributed by atoms with Crippen molar-refractivity contribution < 1.29 is 17.9 Å². The van der Waals surface area contributed by atoms with E-state index in [4.69, 9.17) is 4.74 Å². The summed E-state index contributed by atoms with van der Waals surface area (Å²) in [4.78, 5) is 12.0. The molecule has 1 atom stereocenters. The molecule has 0 fully saturated rings. The minimum Gasteiger partial charge on any atom is -0.494 e. The lowest BCUT2D eigenvalue weighted by Crippen LogP contribution is -2.45. The molecule has 2 N–H and O–H groups in total. The van der Waals surface area contributed by atoms with Crippen LogP contribution in [0.5, 0.6) is 5.75 Å². The quantitative estimate of drug-likeness (QED) is 0.718. The van der Waals surface area contributed by atoms with Crippen molar-refractivity contribution in [2.45, 2.75) is 45.1 Å². The molecule has 1 aromatic carbocycles. The number of nitrogens with one attached hydrogen (secondary N) is 2. The highest BCUT2D eigenvalue weighted by Gasteiger charge is 2.21. The van der Waals surface area contributed by atoms with Crippen LogP contribution in [0.3, 0.4) is 0 Å². The fraction of sp³-hybridized carbons (Fsp3) is 0.562. The first kappa shape index (κ1) is 19.4. The maximum Gasteiger partial charge on any atom is 0.241 e. The Kier molecular flexibility index (Phi) is 7.51. The van der Waals surface area contributed by atoms with Crippen molar-refractivity contribution in [3.05, 3.63) is 24.3 Å². The molecule has 0 aliphatic rings. The summed E-state index contributed by atoms with van der Waals surface area (Å²) in [6, 6.07) is 5.25. The zero-order valence-electron chi connectivity index (χ0n) is 14.1. The van der Waals surface area contributed by atoms with Crippen molar-refractivity contribution in [2.75, 3.05) is 13.2 Å². The third-order valence-corrected chi connectivity index (χ3v) is 4.75. The summed E-state index contributed by atoms with van der Waals surface area (Å²) >= 11 is 0. The predicted molar refractivity (Wildman–Crippen MR) is 89.9 cm³/mol. The first-order valence-corrected chi connectivity index (χ1v) is 9.27. The summed E-state index contributed by atoms with van der Waals surface area (Å²) < 4.78 is 32.2. The second kappa shape index (κ2) is 8.88. The molecular formula is C16H26N2O4S. The molecule has 6 nitrogen and oxygen atoms in total. The molecule has 0 spiro atoms. The number of sulfonamides is 1. The number of hydrogen-bond donors (Lipinski definition) is 2. The number of hydrogen-bond acceptors (Lipinski definition) is 4. The van der Waals surface area contributed by atoms with Crippen LogP contribution in [0.15, 0.2) is 29.2 Å². The summed E-state index contributed by atoms with van der Waals surface area (Å²) in [5, 5.41) is 2.73. The summed E-state index contributed by atoms with van der Waals surface area (Å²) in [7, 11) is -3.74. The van der Waals surface area contributed by atoms with E-state index in [0.717, 1.165) is 6.42 Å². The van der Waals surface area contributed by atoms with Gasteiger partial charge >= 0.3 is 0 Å². The Morgan fingerprint density at radius 2 is 1.78 bits per heavy atom. The Bertz CT molecular complexity index is 597. The fourth-order valence-electron chi connectivity index (χ4n) is 1.87. The van der Waals surface area contributed by atoms with Gasteiger partial charge in [-0.1, -0.05) is 13.8 Å². The minimum atomic E-state index is -3.74. The van der Waals surface area contributed by atoms with Gasteiger partial charge < -0.3 is 10.1 Å². The maximum atomic E-state index is 12.3. The summed E-state index contributed by atoms with van der Waals surface area (Å²) in [5.74, 6) is 0.747. The molecule has 1 rings (SSSR count). The summed E-state index contributed by atoms with van der Waals surface area (Å²) in [5.41, 5.74) is 0. The molecule has 0 saturated carbocycles. The van der Waals surface area contributed by atoms with E-state index >= 15 is 0 Å². The predicted octanol–water partition coefficient (Wildman–Crippen LogP) is 1.91. The van der Waals surface area contributed by atoms with E-state index in [0.29, 0.717) is 24.8 Å². The Balaban J connectivity index is 2.64. The normalized spacial score (nSPS) is 12.9. The van der Waals surface area contributed by atoms with Crippen molar-refractivity contribution >= 4 is 15.9 Å². The standard InChI is InChI=1S/C16H26N2O4S/c1-5-22-14-6-8-15(9-7-14)23(20,21)18-13(4)16(19)17-11-10-12(2)3/h6-9,12-13,18H,5,10-11H2,1-4H3,(H,17,19)/t13-/m1/s1. The number of carbonyl (C=O) groups excluding carboxylic acids is 1. The topological polar surface area (TPSA) is 84.5 Å². The Morgan fingerprint density at radius 1 is 1.17 bits per heavy atom. The van der Waals surface area contributed by atoms with Crippen LogP contribution in [0.2, 0.25) is 0 Å². The van der Waals surface area contributed by atoms with Crippen molar-refractivity contribution in [1.29, 1.82) is 0 Å². The molecule has 0 saturated heterocycles. The Morgan fingerprint density at radius 3 is 2.30 bits per heavy atom. The zero-order chi connectivity index (χ0) is 17.5. The largest absolute Gasteiger partial charge is 0.494 e. The van der Waals surface area contributed by atoms with Gasteiger partial charge in [0.25, 0.3) is 0 Å². The van der Waals surface area contributed by atoms with Gasteiger partial charge in [-0.25, -0.2) is 8.42 Å². The first-order valence-electron chi connectivity index (χ1n) is 7.79. The smallest absolute Gasteiger partial charge is 0.241 e. The molecule has 1 aromatic rings. The number of ether oxygens (including phenoxy) is 1. The highest BCUT2D eigenvalue weighted by Crippen LogP contribution is 2.16. The summed E-state index contributed by atoms with van der Waals surface area (Å²) in [6.45, 7) is 8.54. The Hall–Kier alpha value is -1.60. The molecule has 0 bridgehead atoms. The van der Waals surface area contributed by atoms with E-state index in [-0.39, 0.29) is 10.8 Å². The lowest BCUT2D eigenvalue weighted by atomic mass is 10.1. The summed E-state index contributed by atoms with van der Waals surface area (Å²) in [6.07, 6.45) is 0.851. The third-order valence-electron chi connectivity index (χ3n) is 3.19. The van der Waals surface area contributed by atoms with E-state index in [1.54, 1.807) is 12.1 Å². The van der Waals surface area contributed by atoms with Crippen LogP contribution in [0.25, 0.3) is 0 Å². The van der Waals surface area contributed by atoms with Gasteiger partial charge in [-0.05, 0) is 50.5 Å². The second-order valence-electron chi connectivity index (χ2n) is 5.72. The van der Waals surface area contributed by atoms with Crippen LogP contribution in [0.1, 0.15) is 34.1 Å². The van der Waals surface area contributed by atoms with E-state index in [9.17, 15) is 13.2 Å². The number of amides is 1. The van der Waals surface area contributed by atoms with E-state index in [2.05, 4.69) is 23.9 Å². The van der Waals surface area contributed by atoms with Crippen molar-refractivity contribution in [2.24, 2.45) is 5.92 Å². The molecule has 0 radical (unpaired) electrons. The number of benzene rings is 1. The minimum absolute atomic E-state index is 0.0998. The first-order chi connectivity index (χ1) is 10.8. The van der Waals surface area contributed by atoms with Gasteiger partial charge in [-0.2, -0.15) is 4.72 Å². The van der Waals surface area contributed by atoms with Gasteiger partial charge in [0, 0.05) is 6.54 Å². The second-order valence-corrected chi connectivity index (χ2v) is 7.43. The maximum absolute atomic E-state index is 12.3. The lowest BCUT2D eigenvalue weighted by Gasteiger charge is -2.15. The third kappa shape index (κ3) is 6.58. The van der Waals surface area contributed by atoms with E-state index < -0.39 is 16.1 Å². The molecule has 1 amide bonds. The molecule has 23 heavy (non-hydrogen) atoms. The SMILES string of the molecule is CCOc1ccc(S(=O)(=O)N[C@H](C)C(=O)NCCC(C)C)cc1. The fourth-order valence-corrected chi connectivity index (χ4v) is 3.08. The molecule has 0 aromatic heterocycles. The van der Waals surface area contributed by atoms with Gasteiger partial charge in [0.2, 0.25) is 15.9 Å². The Labute approximate surface area is 138 Å². The van der Waals surface area contributed by atoms with Crippen LogP contribution in [0.4, 0.5) is 0 Å². The van der Waals surface area contributed by atoms with E-state index in [1.807, 2.05) is 6.92 Å². The van der Waals surface area contributed by atoms with Crippen LogP contribution >= 0.6 is 0 Å². The molecular weight excluding hydrogens is 316 g/mol. The van der Waals surface area contributed by atoms with Crippen molar-refractivity contribution in [3.63, 3.8) is 0 Å². The molecule has 7 heteroatoms. The van der Waals surface area contributed by atoms with Gasteiger partial charge in [0.1, 0.15) is 5.75 Å². The van der Waals surface area contributed by atoms with Gasteiger partial charge in [0.05, 0.1) is 17.5 Å². The van der Waals surface area contributed by atoms with Gasteiger partial charge in [-0.3, -0.25) is 4.79 Å². The number of carbonyl (C=O) groups is 1. The number of rotatable bonds is 9. The van der Waals surface area contributed by atoms with Crippen LogP contribution < -0.4 is 14.8 Å². The van der Waals surface area contributed by atoms with Crippen molar-refractivity contribution in [3.8, 4) is 5.75 Å². The van der Waals surface area contributed by atoms with Crippen molar-refractivity contribution in [1.82, 2.24) is 10.0 Å². The lowest BCUT2D eigenvalue weighted by molar-refractivity contribution is -0.122. The average molecular weight is 342 g/mol. The van der Waals surface area contributed by atoms with Crippen LogP contribution in [-0.2, 0) is 14.8 Å². The average Bonchev–Trinajstić information content (AvgIpc) is 2.47. The van der Waals surface area contributed by atoms with Crippen LogP contribution in [-0.4, -0.2) is 33.5 Å². The molecule has 0 heterocycles. The van der Waals surface area contributed by atoms with Gasteiger partial charge in [-0.15, -0.1) is 0 Å². The highest BCUT2D eigenvalue weighted by atomic mass is 32.2. The monoisotopic (exact) mass is 342 g/mol. The zero-order valence-corrected chi connectivity index (χ0v) is 14.9. The molecule has 0 aliphatic carbocycles. The van der Waals surface area contributed by atoms with Crippen LogP contribution in [0, 0.1) is 5.92 Å².